The van der Waals surface area contributed by atoms with E-state index in [-0.39, 0.29) is 0 Å². The van der Waals surface area contributed by atoms with Crippen LogP contribution >= 0.6 is 0 Å². The van der Waals surface area contributed by atoms with Crippen LogP contribution in [-0.2, 0) is 0 Å². The van der Waals surface area contributed by atoms with E-state index in [1.54, 1.807) is 13.1 Å². The van der Waals surface area contributed by atoms with Crippen molar-refractivity contribution in [3.8, 4) is 0 Å². The van der Waals surface area contributed by atoms with Gasteiger partial charge in [0.1, 0.15) is 0 Å². The fraction of sp³-hybridized carbons (Fsp3) is 0.250. The number of nitrogens with zero attached hydrogens (tertiary/aromatic N) is 2. The van der Waals surface area contributed by atoms with Gasteiger partial charge >= 0.3 is 0 Å². The first-order chi connectivity index (χ1) is 5.24. The molecule has 0 amide bonds. The topological polar surface area (TPSA) is 39.3 Å². The summed E-state index contributed by atoms with van der Waals surface area (Å²) in [6.45, 7) is 1.88. The highest BCUT2D eigenvalue weighted by molar-refractivity contribution is 5.74. The minimum Gasteiger partial charge on any atom is -0.618 e. The van der Waals surface area contributed by atoms with Crippen LogP contribution in [0.4, 0.5) is 0 Å². The van der Waals surface area contributed by atoms with Gasteiger partial charge < -0.3 is 5.21 Å². The Morgan fingerprint density at radius 2 is 2.27 bits per heavy atom. The van der Waals surface area contributed by atoms with Crippen molar-refractivity contribution in [2.75, 3.05) is 7.05 Å². The number of hydrogen-bond donors (Lipinski definition) is 0. The third kappa shape index (κ3) is 1.77. The Balaban J connectivity index is 3.09. The van der Waals surface area contributed by atoms with E-state index in [4.69, 9.17) is 0 Å². The van der Waals surface area contributed by atoms with Gasteiger partial charge in [-0.2, -0.15) is 4.73 Å². The van der Waals surface area contributed by atoms with Gasteiger partial charge in [0, 0.05) is 18.7 Å². The lowest BCUT2D eigenvalue weighted by atomic mass is 10.3. The van der Waals surface area contributed by atoms with Crippen molar-refractivity contribution in [1.29, 1.82) is 0 Å². The molecule has 1 aromatic heterocycles. The monoisotopic (exact) mass is 150 g/mol. The van der Waals surface area contributed by atoms with Crippen LogP contribution in [0.1, 0.15) is 11.3 Å². The lowest BCUT2D eigenvalue weighted by Gasteiger charge is -1.99. The van der Waals surface area contributed by atoms with Crippen LogP contribution in [0.5, 0.6) is 0 Å². The zero-order valence-corrected chi connectivity index (χ0v) is 6.61. The molecular formula is C8H10N2O. The largest absolute Gasteiger partial charge is 0.618 e. The zero-order valence-electron chi connectivity index (χ0n) is 6.61. The Hall–Kier alpha value is -1.38. The maximum atomic E-state index is 11.1. The summed E-state index contributed by atoms with van der Waals surface area (Å²) >= 11 is 0. The second-order valence-corrected chi connectivity index (χ2v) is 2.34. The molecule has 11 heavy (non-hydrogen) atoms. The Morgan fingerprint density at radius 1 is 1.55 bits per heavy atom. The summed E-state index contributed by atoms with van der Waals surface area (Å²) in [4.78, 5) is 3.75. The number of aliphatic imine (C=N–C) groups is 1. The Bertz CT molecular complexity index is 281. The van der Waals surface area contributed by atoms with Crippen molar-refractivity contribution in [2.45, 2.75) is 6.92 Å². The molecule has 0 aromatic carbocycles. The summed E-state index contributed by atoms with van der Waals surface area (Å²) in [5, 5.41) is 11.1. The summed E-state index contributed by atoms with van der Waals surface area (Å²) in [7, 11) is 1.64. The molecule has 0 bridgehead atoms. The predicted octanol–water partition coefficient (Wildman–Crippen LogP) is 0.677. The highest BCUT2D eigenvalue weighted by atomic mass is 16.5. The predicted molar refractivity (Wildman–Crippen MR) is 43.7 cm³/mol. The van der Waals surface area contributed by atoms with Crippen LogP contribution < -0.4 is 4.73 Å². The minimum absolute atomic E-state index is 0.568. The van der Waals surface area contributed by atoms with Crippen LogP contribution in [0, 0.1) is 12.1 Å². The van der Waals surface area contributed by atoms with Crippen molar-refractivity contribution < 1.29 is 4.73 Å². The molecule has 0 spiro atoms. The molecule has 0 fully saturated rings. The van der Waals surface area contributed by atoms with Gasteiger partial charge in [-0.1, -0.05) is 0 Å². The normalized spacial score (nSPS) is 10.7. The molecule has 1 heterocycles. The Labute approximate surface area is 65.6 Å². The summed E-state index contributed by atoms with van der Waals surface area (Å²) in [5.41, 5.74) is 1.52. The van der Waals surface area contributed by atoms with Crippen molar-refractivity contribution in [2.24, 2.45) is 4.99 Å². The van der Waals surface area contributed by atoms with Crippen LogP contribution in [0.25, 0.3) is 0 Å². The first-order valence-electron chi connectivity index (χ1n) is 3.36. The maximum Gasteiger partial charge on any atom is 0.234 e. The molecule has 1 rings (SSSR count). The standard InChI is InChI=1S/C8H10N2O/c1-7-3-4-8(5-9-2)10(11)6-7/h3-6H,1-2H3. The van der Waals surface area contributed by atoms with E-state index in [9.17, 15) is 5.21 Å². The van der Waals surface area contributed by atoms with E-state index in [1.165, 1.54) is 12.4 Å². The molecule has 58 valence electrons. The zero-order chi connectivity index (χ0) is 8.27. The van der Waals surface area contributed by atoms with Gasteiger partial charge in [-0.3, -0.25) is 4.99 Å². The van der Waals surface area contributed by atoms with Crippen LogP contribution in [0.3, 0.4) is 0 Å². The SMILES string of the molecule is CN=Cc1ccc(C)c[n+]1[O-]. The molecule has 3 heteroatoms. The molecule has 0 saturated heterocycles. The van der Waals surface area contributed by atoms with E-state index in [1.807, 2.05) is 13.0 Å². The number of aryl methyl sites for hydroxylation is 1. The van der Waals surface area contributed by atoms with E-state index < -0.39 is 0 Å². The highest BCUT2D eigenvalue weighted by Crippen LogP contribution is 1.93. The van der Waals surface area contributed by atoms with Gasteiger partial charge in [0.15, 0.2) is 6.20 Å². The Kier molecular flexibility index (Phi) is 2.21. The third-order valence-electron chi connectivity index (χ3n) is 1.35. The van der Waals surface area contributed by atoms with Gasteiger partial charge in [-0.25, -0.2) is 0 Å². The first-order valence-corrected chi connectivity index (χ1v) is 3.36. The number of aromatic nitrogens is 1. The highest BCUT2D eigenvalue weighted by Gasteiger charge is 1.99. The summed E-state index contributed by atoms with van der Waals surface area (Å²) < 4.78 is 0.808. The molecule has 0 saturated carbocycles. The number of pyridine rings is 1. The van der Waals surface area contributed by atoms with Crippen molar-refractivity contribution in [3.63, 3.8) is 0 Å². The second kappa shape index (κ2) is 3.14. The van der Waals surface area contributed by atoms with E-state index in [0.29, 0.717) is 5.69 Å². The molecule has 0 aliphatic rings. The van der Waals surface area contributed by atoms with Crippen molar-refractivity contribution in [3.05, 3.63) is 34.8 Å². The van der Waals surface area contributed by atoms with Gasteiger partial charge in [-0.15, -0.1) is 0 Å². The van der Waals surface area contributed by atoms with Crippen LogP contribution in [-0.4, -0.2) is 13.3 Å². The lowest BCUT2D eigenvalue weighted by Crippen LogP contribution is -2.31. The van der Waals surface area contributed by atoms with Gasteiger partial charge in [0.25, 0.3) is 0 Å². The quantitative estimate of drug-likeness (QED) is 0.329. The average molecular weight is 150 g/mol. The number of rotatable bonds is 1. The van der Waals surface area contributed by atoms with E-state index >= 15 is 0 Å². The molecular weight excluding hydrogens is 140 g/mol. The first kappa shape index (κ1) is 7.72. The number of hydrogen-bond acceptors (Lipinski definition) is 2. The molecule has 0 atom stereocenters. The molecule has 0 aliphatic heterocycles. The van der Waals surface area contributed by atoms with Crippen molar-refractivity contribution in [1.82, 2.24) is 0 Å². The second-order valence-electron chi connectivity index (χ2n) is 2.34. The molecule has 0 aliphatic carbocycles. The fourth-order valence-corrected chi connectivity index (χ4v) is 0.825. The van der Waals surface area contributed by atoms with Crippen LogP contribution in [0.2, 0.25) is 0 Å². The van der Waals surface area contributed by atoms with E-state index in [0.717, 1.165) is 10.3 Å². The van der Waals surface area contributed by atoms with Gasteiger partial charge in [-0.05, 0) is 13.0 Å². The fourth-order valence-electron chi connectivity index (χ4n) is 0.825. The average Bonchev–Trinajstić information content (AvgIpc) is 1.95. The van der Waals surface area contributed by atoms with E-state index in [2.05, 4.69) is 4.99 Å². The lowest BCUT2D eigenvalue weighted by molar-refractivity contribution is -0.606. The molecule has 1 aromatic rings. The van der Waals surface area contributed by atoms with Crippen molar-refractivity contribution >= 4 is 6.21 Å². The van der Waals surface area contributed by atoms with Crippen LogP contribution in [0.15, 0.2) is 23.3 Å². The minimum atomic E-state index is 0.568. The molecule has 3 nitrogen and oxygen atoms in total. The summed E-state index contributed by atoms with van der Waals surface area (Å²) in [6.07, 6.45) is 3.06. The molecule has 0 N–H and O–H groups in total. The molecule has 0 unspecified atom stereocenters. The third-order valence-corrected chi connectivity index (χ3v) is 1.35. The Morgan fingerprint density at radius 3 is 2.82 bits per heavy atom. The summed E-state index contributed by atoms with van der Waals surface area (Å²) in [5.74, 6) is 0. The van der Waals surface area contributed by atoms with Gasteiger partial charge in [0.2, 0.25) is 5.69 Å². The summed E-state index contributed by atoms with van der Waals surface area (Å²) in [6, 6.07) is 3.63. The molecule has 0 radical (unpaired) electrons. The smallest absolute Gasteiger partial charge is 0.234 e. The van der Waals surface area contributed by atoms with Gasteiger partial charge in [0.05, 0.1) is 6.21 Å². The maximum absolute atomic E-state index is 11.1.